The molecular weight excluding hydrogens is 360 g/mol. The number of likely N-dealkylation sites (tertiary alicyclic amines) is 1. The van der Waals surface area contributed by atoms with E-state index >= 15 is 0 Å². The lowest BCUT2D eigenvalue weighted by Gasteiger charge is -2.26. The second kappa shape index (κ2) is 10.1. The van der Waals surface area contributed by atoms with E-state index < -0.39 is 0 Å². The third-order valence-electron chi connectivity index (χ3n) is 5.37. The summed E-state index contributed by atoms with van der Waals surface area (Å²) in [5, 5.41) is 6.60. The van der Waals surface area contributed by atoms with E-state index in [4.69, 9.17) is 4.74 Å². The number of aliphatic imine (C=N–C) groups is 1. The third kappa shape index (κ3) is 5.84. The Bertz CT molecular complexity index is 841. The highest BCUT2D eigenvalue weighted by Crippen LogP contribution is 2.19. The maximum absolute atomic E-state index is 5.96. The fraction of sp³-hybridized carbons (Fsp3) is 0.375. The molecule has 2 aromatic carbocycles. The van der Waals surface area contributed by atoms with Gasteiger partial charge in [0.05, 0.1) is 13.2 Å². The molecule has 5 nitrogen and oxygen atoms in total. The van der Waals surface area contributed by atoms with Crippen LogP contribution in [0.3, 0.4) is 0 Å². The number of ether oxygens (including phenoxy) is 1. The molecule has 2 heterocycles. The van der Waals surface area contributed by atoms with Crippen LogP contribution in [-0.4, -0.2) is 43.6 Å². The maximum atomic E-state index is 5.96. The summed E-state index contributed by atoms with van der Waals surface area (Å²) >= 11 is 0. The normalized spacial score (nSPS) is 17.1. The Balaban J connectivity index is 1.23. The number of benzene rings is 2. The minimum Gasteiger partial charge on any atom is -0.493 e. The Morgan fingerprint density at radius 1 is 1.00 bits per heavy atom. The van der Waals surface area contributed by atoms with Gasteiger partial charge in [-0.3, -0.25) is 0 Å². The van der Waals surface area contributed by atoms with Gasteiger partial charge < -0.3 is 20.3 Å². The summed E-state index contributed by atoms with van der Waals surface area (Å²) in [4.78, 5) is 7.17. The summed E-state index contributed by atoms with van der Waals surface area (Å²) in [5.74, 6) is 1.65. The topological polar surface area (TPSA) is 48.9 Å². The number of guanidine groups is 1. The van der Waals surface area contributed by atoms with Crippen LogP contribution in [0.5, 0.6) is 5.75 Å². The van der Waals surface area contributed by atoms with E-state index in [1.807, 2.05) is 48.7 Å². The molecule has 29 heavy (non-hydrogen) atoms. The maximum Gasteiger partial charge on any atom is 0.200 e. The fourth-order valence-corrected chi connectivity index (χ4v) is 3.77. The number of piperidine rings is 1. The Labute approximate surface area is 173 Å². The third-order valence-corrected chi connectivity index (χ3v) is 5.37. The zero-order valence-corrected chi connectivity index (χ0v) is 16.9. The number of rotatable bonds is 7. The van der Waals surface area contributed by atoms with E-state index in [0.717, 1.165) is 37.0 Å². The van der Waals surface area contributed by atoms with Crippen LogP contribution in [-0.2, 0) is 0 Å². The van der Waals surface area contributed by atoms with E-state index in [1.54, 1.807) is 0 Å². The van der Waals surface area contributed by atoms with E-state index in [9.17, 15) is 0 Å². The lowest BCUT2D eigenvalue weighted by atomic mass is 10.1. The smallest absolute Gasteiger partial charge is 0.200 e. The molecule has 0 unspecified atom stereocenters. The monoisotopic (exact) mass is 390 g/mol. The van der Waals surface area contributed by atoms with Crippen molar-refractivity contribution in [3.05, 3.63) is 66.4 Å². The average Bonchev–Trinajstić information content (AvgIpc) is 2.79. The van der Waals surface area contributed by atoms with Gasteiger partial charge in [-0.15, -0.1) is 0 Å². The Hall–Kier alpha value is -2.79. The van der Waals surface area contributed by atoms with Crippen LogP contribution in [0, 0.1) is 0 Å². The van der Waals surface area contributed by atoms with Crippen molar-refractivity contribution in [3.8, 4) is 5.75 Å². The predicted octanol–water partition coefficient (Wildman–Crippen LogP) is 4.35. The van der Waals surface area contributed by atoms with Gasteiger partial charge in [-0.05, 0) is 55.6 Å². The number of hydrogen-bond donors (Lipinski definition) is 2. The summed E-state index contributed by atoms with van der Waals surface area (Å²) in [6.07, 6.45) is 7.16. The minimum atomic E-state index is 0.659. The molecule has 4 rings (SSSR count). The molecule has 0 spiro atoms. The molecule has 2 aromatic rings. The molecule has 152 valence electrons. The van der Waals surface area contributed by atoms with Gasteiger partial charge in [0.2, 0.25) is 0 Å². The highest BCUT2D eigenvalue weighted by atomic mass is 16.5. The van der Waals surface area contributed by atoms with Crippen LogP contribution in [0.25, 0.3) is 5.57 Å². The van der Waals surface area contributed by atoms with E-state index in [0.29, 0.717) is 6.54 Å². The molecule has 2 N–H and O–H groups in total. The first kappa shape index (κ1) is 19.5. The quantitative estimate of drug-likeness (QED) is 0.690. The first-order chi connectivity index (χ1) is 14.4. The first-order valence-corrected chi connectivity index (χ1v) is 10.6. The standard InChI is InChI=1S/C24H30N4O/c1-3-9-20(10-4-1)21-18-25-24(26-19-21)27-22-11-7-12-23(17-22)29-16-8-15-28-13-5-2-6-14-28/h1,3-4,7,9-12,17-18H,2,5-6,8,13-16,19H2,(H2,25,26,27). The second-order valence-electron chi connectivity index (χ2n) is 7.60. The minimum absolute atomic E-state index is 0.659. The van der Waals surface area contributed by atoms with Crippen molar-refractivity contribution in [2.45, 2.75) is 25.7 Å². The van der Waals surface area contributed by atoms with Gasteiger partial charge in [-0.25, -0.2) is 4.99 Å². The van der Waals surface area contributed by atoms with Gasteiger partial charge in [-0.2, -0.15) is 0 Å². The number of anilines is 1. The second-order valence-corrected chi connectivity index (χ2v) is 7.60. The Morgan fingerprint density at radius 3 is 2.66 bits per heavy atom. The van der Waals surface area contributed by atoms with Gasteiger partial charge in [0, 0.05) is 24.5 Å². The summed E-state index contributed by atoms with van der Waals surface area (Å²) in [6.45, 7) is 5.03. The van der Waals surface area contributed by atoms with E-state index in [-0.39, 0.29) is 0 Å². The molecule has 1 saturated heterocycles. The Morgan fingerprint density at radius 2 is 1.86 bits per heavy atom. The van der Waals surface area contributed by atoms with Crippen molar-refractivity contribution < 1.29 is 4.74 Å². The Kier molecular flexibility index (Phi) is 6.81. The SMILES string of the molecule is C1=C(c2ccccc2)CN=C(Nc2cccc(OCCCN3CCCCC3)c2)N1. The van der Waals surface area contributed by atoms with E-state index in [2.05, 4.69) is 32.7 Å². The molecule has 0 saturated carbocycles. The van der Waals surface area contributed by atoms with Gasteiger partial charge in [-0.1, -0.05) is 42.8 Å². The van der Waals surface area contributed by atoms with Crippen molar-refractivity contribution in [2.75, 3.05) is 38.1 Å². The van der Waals surface area contributed by atoms with Crippen LogP contribution in [0.15, 0.2) is 65.8 Å². The molecule has 1 fully saturated rings. The first-order valence-electron chi connectivity index (χ1n) is 10.6. The van der Waals surface area contributed by atoms with Crippen molar-refractivity contribution in [2.24, 2.45) is 4.99 Å². The van der Waals surface area contributed by atoms with Crippen LogP contribution in [0.1, 0.15) is 31.2 Å². The molecule has 2 aliphatic rings. The van der Waals surface area contributed by atoms with Gasteiger partial charge in [0.15, 0.2) is 5.96 Å². The zero-order valence-electron chi connectivity index (χ0n) is 16.9. The number of hydrogen-bond acceptors (Lipinski definition) is 5. The predicted molar refractivity (Wildman–Crippen MR) is 120 cm³/mol. The van der Waals surface area contributed by atoms with E-state index in [1.165, 1.54) is 43.5 Å². The van der Waals surface area contributed by atoms with Crippen LogP contribution in [0.2, 0.25) is 0 Å². The number of nitrogens with one attached hydrogen (secondary N) is 2. The van der Waals surface area contributed by atoms with Crippen molar-refractivity contribution in [3.63, 3.8) is 0 Å². The summed E-state index contributed by atoms with van der Waals surface area (Å²) in [5.41, 5.74) is 3.35. The van der Waals surface area contributed by atoms with Crippen LogP contribution >= 0.6 is 0 Å². The van der Waals surface area contributed by atoms with Gasteiger partial charge in [0.1, 0.15) is 5.75 Å². The van der Waals surface area contributed by atoms with Crippen molar-refractivity contribution in [1.29, 1.82) is 0 Å². The molecule has 0 aromatic heterocycles. The lowest BCUT2D eigenvalue weighted by Crippen LogP contribution is -2.31. The zero-order chi connectivity index (χ0) is 19.7. The van der Waals surface area contributed by atoms with Gasteiger partial charge >= 0.3 is 0 Å². The molecular formula is C24H30N4O. The summed E-state index contributed by atoms with van der Waals surface area (Å²) in [6, 6.07) is 18.4. The summed E-state index contributed by atoms with van der Waals surface area (Å²) in [7, 11) is 0. The highest BCUT2D eigenvalue weighted by molar-refractivity contribution is 5.97. The number of nitrogens with zero attached hydrogens (tertiary/aromatic N) is 2. The molecule has 5 heteroatoms. The average molecular weight is 391 g/mol. The lowest BCUT2D eigenvalue weighted by molar-refractivity contribution is 0.205. The summed E-state index contributed by atoms with van der Waals surface area (Å²) < 4.78 is 5.96. The highest BCUT2D eigenvalue weighted by Gasteiger charge is 2.10. The molecule has 0 atom stereocenters. The molecule has 0 radical (unpaired) electrons. The molecule has 0 aliphatic carbocycles. The molecule has 2 aliphatic heterocycles. The van der Waals surface area contributed by atoms with Gasteiger partial charge in [0.25, 0.3) is 0 Å². The van der Waals surface area contributed by atoms with Crippen molar-refractivity contribution >= 4 is 17.2 Å². The molecule has 0 bridgehead atoms. The largest absolute Gasteiger partial charge is 0.493 e. The molecule has 0 amide bonds. The van der Waals surface area contributed by atoms with Crippen molar-refractivity contribution in [1.82, 2.24) is 10.2 Å². The van der Waals surface area contributed by atoms with Crippen LogP contribution in [0.4, 0.5) is 5.69 Å². The van der Waals surface area contributed by atoms with Crippen LogP contribution < -0.4 is 15.4 Å². The fourth-order valence-electron chi connectivity index (χ4n) is 3.77.